The zero-order valence-corrected chi connectivity index (χ0v) is 15.7. The van der Waals surface area contributed by atoms with Gasteiger partial charge in [-0.15, -0.1) is 0 Å². The third kappa shape index (κ3) is 4.56. The Morgan fingerprint density at radius 2 is 1.92 bits per heavy atom. The molecule has 1 atom stereocenters. The van der Waals surface area contributed by atoms with Crippen molar-refractivity contribution < 1.29 is 23.8 Å². The molecule has 0 aliphatic carbocycles. The van der Waals surface area contributed by atoms with Crippen LogP contribution in [0.1, 0.15) is 17.3 Å². The van der Waals surface area contributed by atoms with Crippen molar-refractivity contribution >= 4 is 40.9 Å². The second-order valence-electron chi connectivity index (χ2n) is 5.06. The molecule has 1 aromatic heterocycles. The lowest BCUT2D eigenvalue weighted by atomic mass is 10.2. The Labute approximate surface area is 160 Å². The highest BCUT2D eigenvalue weighted by Crippen LogP contribution is 2.31. The lowest BCUT2D eigenvalue weighted by Gasteiger charge is -2.16. The van der Waals surface area contributed by atoms with E-state index in [9.17, 15) is 9.59 Å². The van der Waals surface area contributed by atoms with Gasteiger partial charge in [0.15, 0.2) is 23.4 Å². The maximum Gasteiger partial charge on any atom is 0.342 e. The first-order valence-electron chi connectivity index (χ1n) is 7.41. The van der Waals surface area contributed by atoms with Gasteiger partial charge in [0.05, 0.1) is 24.3 Å². The van der Waals surface area contributed by atoms with Crippen molar-refractivity contribution in [1.82, 2.24) is 4.98 Å². The van der Waals surface area contributed by atoms with Crippen LogP contribution in [0.15, 0.2) is 30.5 Å². The van der Waals surface area contributed by atoms with E-state index in [0.717, 1.165) is 0 Å². The Bertz CT molecular complexity index is 829. The van der Waals surface area contributed by atoms with Crippen LogP contribution >= 0.6 is 23.2 Å². The Kier molecular flexibility index (Phi) is 6.65. The molecule has 0 fully saturated rings. The Morgan fingerprint density at radius 1 is 1.19 bits per heavy atom. The van der Waals surface area contributed by atoms with Gasteiger partial charge in [0.1, 0.15) is 5.56 Å². The van der Waals surface area contributed by atoms with E-state index in [-0.39, 0.29) is 22.2 Å². The highest BCUT2D eigenvalue weighted by molar-refractivity contribution is 6.36. The minimum Gasteiger partial charge on any atom is -0.493 e. The molecule has 0 saturated heterocycles. The van der Waals surface area contributed by atoms with E-state index in [1.165, 1.54) is 39.5 Å². The number of carbonyl (C=O) groups is 2. The molecule has 0 unspecified atom stereocenters. The van der Waals surface area contributed by atoms with Gasteiger partial charge in [-0.05, 0) is 25.1 Å². The van der Waals surface area contributed by atoms with E-state index in [4.69, 9.17) is 37.4 Å². The minimum atomic E-state index is -1.10. The average Bonchev–Trinajstić information content (AvgIpc) is 2.62. The first-order chi connectivity index (χ1) is 12.4. The van der Waals surface area contributed by atoms with E-state index in [1.54, 1.807) is 12.1 Å². The Hall–Kier alpha value is -2.51. The van der Waals surface area contributed by atoms with Crippen LogP contribution in [0.5, 0.6) is 11.5 Å². The first-order valence-corrected chi connectivity index (χ1v) is 8.16. The molecular weight excluding hydrogens is 383 g/mol. The van der Waals surface area contributed by atoms with E-state index >= 15 is 0 Å². The Morgan fingerprint density at radius 3 is 2.54 bits per heavy atom. The summed E-state index contributed by atoms with van der Waals surface area (Å²) in [4.78, 5) is 28.5. The van der Waals surface area contributed by atoms with Gasteiger partial charge in [0.25, 0.3) is 5.91 Å². The van der Waals surface area contributed by atoms with Crippen molar-refractivity contribution in [2.24, 2.45) is 0 Å². The third-order valence-electron chi connectivity index (χ3n) is 3.33. The van der Waals surface area contributed by atoms with Crippen LogP contribution in [0, 0.1) is 0 Å². The number of anilines is 1. The van der Waals surface area contributed by atoms with Crippen LogP contribution in [0.4, 0.5) is 5.82 Å². The summed E-state index contributed by atoms with van der Waals surface area (Å²) in [7, 11) is 2.85. The lowest BCUT2D eigenvalue weighted by Crippen LogP contribution is -2.30. The number of esters is 1. The minimum absolute atomic E-state index is 0.114. The van der Waals surface area contributed by atoms with Crippen molar-refractivity contribution in [3.05, 3.63) is 46.1 Å². The molecule has 1 aromatic carbocycles. The van der Waals surface area contributed by atoms with Crippen molar-refractivity contribution in [3.63, 3.8) is 0 Å². The standard InChI is InChI=1S/C17H16Cl2N2O5/c1-9(16(22)21-15-12(19)7-10(18)8-20-15)26-17(23)11-5-4-6-13(24-2)14(11)25-3/h4-9H,1-3H3,(H,20,21,22)/t9-/m0/s1. The molecule has 7 nitrogen and oxygen atoms in total. The van der Waals surface area contributed by atoms with Gasteiger partial charge in [-0.25, -0.2) is 9.78 Å². The molecule has 26 heavy (non-hydrogen) atoms. The number of nitrogens with zero attached hydrogens (tertiary/aromatic N) is 1. The van der Waals surface area contributed by atoms with E-state index in [2.05, 4.69) is 10.3 Å². The molecule has 2 rings (SSSR count). The molecule has 1 amide bonds. The summed E-state index contributed by atoms with van der Waals surface area (Å²) in [6.45, 7) is 1.42. The molecule has 0 radical (unpaired) electrons. The maximum atomic E-state index is 12.4. The number of para-hydroxylation sites is 1. The molecule has 0 aliphatic rings. The van der Waals surface area contributed by atoms with Gasteiger partial charge in [0, 0.05) is 6.20 Å². The molecule has 2 aromatic rings. The Balaban J connectivity index is 2.10. The molecule has 0 spiro atoms. The average molecular weight is 399 g/mol. The van der Waals surface area contributed by atoms with E-state index in [1.807, 2.05) is 0 Å². The number of hydrogen-bond acceptors (Lipinski definition) is 6. The zero-order valence-electron chi connectivity index (χ0n) is 14.2. The number of rotatable bonds is 6. The number of aromatic nitrogens is 1. The van der Waals surface area contributed by atoms with Crippen molar-refractivity contribution in [2.75, 3.05) is 19.5 Å². The monoisotopic (exact) mass is 398 g/mol. The predicted octanol–water partition coefficient (Wildman–Crippen LogP) is 3.59. The summed E-state index contributed by atoms with van der Waals surface area (Å²) >= 11 is 11.7. The molecular formula is C17H16Cl2N2O5. The predicted molar refractivity (Wildman–Crippen MR) is 97.3 cm³/mol. The fourth-order valence-electron chi connectivity index (χ4n) is 2.05. The number of pyridine rings is 1. The van der Waals surface area contributed by atoms with Crippen LogP contribution in [0.2, 0.25) is 10.0 Å². The molecule has 0 aliphatic heterocycles. The second-order valence-corrected chi connectivity index (χ2v) is 5.91. The summed E-state index contributed by atoms with van der Waals surface area (Å²) in [6.07, 6.45) is 0.229. The number of methoxy groups -OCH3 is 2. The summed E-state index contributed by atoms with van der Waals surface area (Å²) < 4.78 is 15.5. The number of hydrogen-bond donors (Lipinski definition) is 1. The topological polar surface area (TPSA) is 86.8 Å². The largest absolute Gasteiger partial charge is 0.493 e. The third-order valence-corrected chi connectivity index (χ3v) is 3.82. The van der Waals surface area contributed by atoms with E-state index in [0.29, 0.717) is 10.8 Å². The van der Waals surface area contributed by atoms with Crippen molar-refractivity contribution in [1.29, 1.82) is 0 Å². The fourth-order valence-corrected chi connectivity index (χ4v) is 2.48. The first kappa shape index (κ1) is 19.8. The van der Waals surface area contributed by atoms with E-state index < -0.39 is 18.0 Å². The number of nitrogens with one attached hydrogen (secondary N) is 1. The molecule has 0 bridgehead atoms. The SMILES string of the molecule is COc1cccc(C(=O)O[C@@H](C)C(=O)Nc2ncc(Cl)cc2Cl)c1OC. The number of ether oxygens (including phenoxy) is 3. The molecule has 138 valence electrons. The molecule has 0 saturated carbocycles. The van der Waals surface area contributed by atoms with Crippen LogP contribution in [0.25, 0.3) is 0 Å². The number of halogens is 2. The smallest absolute Gasteiger partial charge is 0.342 e. The highest BCUT2D eigenvalue weighted by Gasteiger charge is 2.23. The highest BCUT2D eigenvalue weighted by atomic mass is 35.5. The van der Waals surface area contributed by atoms with Gasteiger partial charge in [-0.3, -0.25) is 4.79 Å². The molecule has 1 N–H and O–H groups in total. The van der Waals surface area contributed by atoms with Gasteiger partial charge in [-0.1, -0.05) is 29.3 Å². The lowest BCUT2D eigenvalue weighted by molar-refractivity contribution is -0.123. The van der Waals surface area contributed by atoms with Gasteiger partial charge < -0.3 is 19.5 Å². The maximum absolute atomic E-state index is 12.4. The summed E-state index contributed by atoms with van der Waals surface area (Å²) in [5.74, 6) is -0.635. The van der Waals surface area contributed by atoms with Crippen LogP contribution < -0.4 is 14.8 Å². The second kappa shape index (κ2) is 8.73. The van der Waals surface area contributed by atoms with Crippen LogP contribution in [0.3, 0.4) is 0 Å². The normalized spacial score (nSPS) is 11.4. The summed E-state index contributed by atoms with van der Waals surface area (Å²) in [5.41, 5.74) is 0.133. The quantitative estimate of drug-likeness (QED) is 0.748. The number of benzene rings is 1. The van der Waals surface area contributed by atoms with Crippen molar-refractivity contribution in [2.45, 2.75) is 13.0 Å². The number of amides is 1. The van der Waals surface area contributed by atoms with Gasteiger partial charge >= 0.3 is 5.97 Å². The summed E-state index contributed by atoms with van der Waals surface area (Å²) in [6, 6.07) is 6.19. The summed E-state index contributed by atoms with van der Waals surface area (Å²) in [5, 5.41) is 2.97. The fraction of sp³-hybridized carbons (Fsp3) is 0.235. The van der Waals surface area contributed by atoms with Crippen LogP contribution in [-0.4, -0.2) is 37.2 Å². The van der Waals surface area contributed by atoms with Crippen molar-refractivity contribution in [3.8, 4) is 11.5 Å². The van der Waals surface area contributed by atoms with Gasteiger partial charge in [-0.2, -0.15) is 0 Å². The van der Waals surface area contributed by atoms with Gasteiger partial charge in [0.2, 0.25) is 0 Å². The molecule has 1 heterocycles. The zero-order chi connectivity index (χ0) is 19.3. The number of carbonyl (C=O) groups excluding carboxylic acids is 2. The molecule has 9 heteroatoms. The van der Waals surface area contributed by atoms with Crippen LogP contribution in [-0.2, 0) is 9.53 Å².